The van der Waals surface area contributed by atoms with Crippen molar-refractivity contribution in [3.05, 3.63) is 18.2 Å². The molecule has 2 rings (SSSR count). The van der Waals surface area contributed by atoms with Crippen LogP contribution in [0.4, 0.5) is 0 Å². The highest BCUT2D eigenvalue weighted by Gasteiger charge is 2.12. The third-order valence-corrected chi connectivity index (χ3v) is 4.04. The Bertz CT molecular complexity index is 662. The summed E-state index contributed by atoms with van der Waals surface area (Å²) >= 11 is 1.47. The zero-order chi connectivity index (χ0) is 16.7. The van der Waals surface area contributed by atoms with Gasteiger partial charge < -0.3 is 14.2 Å². The lowest BCUT2D eigenvalue weighted by atomic mass is 10.3. The van der Waals surface area contributed by atoms with Gasteiger partial charge in [0, 0.05) is 18.2 Å². The summed E-state index contributed by atoms with van der Waals surface area (Å²) in [5, 5.41) is 12.3. The van der Waals surface area contributed by atoms with E-state index in [2.05, 4.69) is 20.3 Å². The zero-order valence-electron chi connectivity index (χ0n) is 13.2. The third-order valence-electron chi connectivity index (χ3n) is 3.04. The maximum Gasteiger partial charge on any atom is 0.305 e. The van der Waals surface area contributed by atoms with E-state index in [4.69, 9.17) is 9.47 Å². The minimum Gasteiger partial charge on any atom is -0.493 e. The van der Waals surface area contributed by atoms with E-state index in [1.807, 2.05) is 6.07 Å². The summed E-state index contributed by atoms with van der Waals surface area (Å²) < 4.78 is 16.7. The van der Waals surface area contributed by atoms with Gasteiger partial charge in [-0.05, 0) is 29.0 Å². The molecule has 0 aliphatic carbocycles. The number of methoxy groups -OCH3 is 3. The summed E-state index contributed by atoms with van der Waals surface area (Å²) in [6.07, 6.45) is 1.07. The SMILES string of the molecule is COC(=O)CCCSc1nnnn1-c1ccc(OC)c(OC)c1. The molecule has 0 unspecified atom stereocenters. The Hall–Kier alpha value is -2.29. The fourth-order valence-corrected chi connectivity index (χ4v) is 2.70. The van der Waals surface area contributed by atoms with Crippen LogP contribution in [0, 0.1) is 0 Å². The summed E-state index contributed by atoms with van der Waals surface area (Å²) in [7, 11) is 4.54. The van der Waals surface area contributed by atoms with Crippen LogP contribution in [0.5, 0.6) is 11.5 Å². The molecule has 0 amide bonds. The molecule has 1 aromatic heterocycles. The van der Waals surface area contributed by atoms with Crippen LogP contribution >= 0.6 is 11.8 Å². The summed E-state index contributed by atoms with van der Waals surface area (Å²) in [6, 6.07) is 5.44. The van der Waals surface area contributed by atoms with Gasteiger partial charge in [-0.2, -0.15) is 4.68 Å². The molecular weight excluding hydrogens is 320 g/mol. The van der Waals surface area contributed by atoms with Gasteiger partial charge in [-0.15, -0.1) is 5.10 Å². The van der Waals surface area contributed by atoms with E-state index in [0.29, 0.717) is 35.2 Å². The second-order valence-corrected chi connectivity index (χ2v) is 5.50. The Morgan fingerprint density at radius 3 is 2.70 bits per heavy atom. The summed E-state index contributed by atoms with van der Waals surface area (Å²) in [4.78, 5) is 11.1. The highest BCUT2D eigenvalue weighted by Crippen LogP contribution is 2.30. The molecule has 0 aliphatic heterocycles. The maximum atomic E-state index is 11.1. The topological polar surface area (TPSA) is 88.4 Å². The van der Waals surface area contributed by atoms with Crippen LogP contribution in [0.1, 0.15) is 12.8 Å². The number of hydrogen-bond donors (Lipinski definition) is 0. The van der Waals surface area contributed by atoms with E-state index in [0.717, 1.165) is 5.69 Å². The van der Waals surface area contributed by atoms with Crippen molar-refractivity contribution < 1.29 is 19.0 Å². The Balaban J connectivity index is 2.07. The predicted octanol–water partition coefficient (Wildman–Crippen LogP) is 1.72. The number of carbonyl (C=O) groups is 1. The van der Waals surface area contributed by atoms with Crippen molar-refractivity contribution >= 4 is 17.7 Å². The van der Waals surface area contributed by atoms with Gasteiger partial charge in [0.25, 0.3) is 0 Å². The smallest absolute Gasteiger partial charge is 0.305 e. The molecule has 1 aromatic carbocycles. The molecule has 1 heterocycles. The maximum absolute atomic E-state index is 11.1. The number of esters is 1. The van der Waals surface area contributed by atoms with E-state index in [1.165, 1.54) is 18.9 Å². The van der Waals surface area contributed by atoms with Crippen molar-refractivity contribution in [3.63, 3.8) is 0 Å². The molecule has 0 aliphatic rings. The molecule has 0 atom stereocenters. The fourth-order valence-electron chi connectivity index (χ4n) is 1.87. The number of tetrazole rings is 1. The molecule has 2 aromatic rings. The normalized spacial score (nSPS) is 10.4. The second-order valence-electron chi connectivity index (χ2n) is 4.44. The number of thioether (sulfide) groups is 1. The molecule has 0 N–H and O–H groups in total. The molecule has 124 valence electrons. The minimum absolute atomic E-state index is 0.218. The van der Waals surface area contributed by atoms with Gasteiger partial charge >= 0.3 is 5.97 Å². The van der Waals surface area contributed by atoms with Gasteiger partial charge in [0.1, 0.15) is 0 Å². The van der Waals surface area contributed by atoms with Crippen LogP contribution in [-0.4, -0.2) is 53.3 Å². The van der Waals surface area contributed by atoms with Crippen LogP contribution < -0.4 is 9.47 Å². The Morgan fingerprint density at radius 2 is 2.00 bits per heavy atom. The lowest BCUT2D eigenvalue weighted by Gasteiger charge is -2.10. The highest BCUT2D eigenvalue weighted by atomic mass is 32.2. The van der Waals surface area contributed by atoms with Gasteiger partial charge in [-0.25, -0.2) is 0 Å². The van der Waals surface area contributed by atoms with Crippen LogP contribution in [0.3, 0.4) is 0 Å². The van der Waals surface area contributed by atoms with Gasteiger partial charge in [-0.3, -0.25) is 4.79 Å². The molecule has 8 nitrogen and oxygen atoms in total. The number of carbonyl (C=O) groups excluding carboxylic acids is 1. The quantitative estimate of drug-likeness (QED) is 0.408. The first-order chi connectivity index (χ1) is 11.2. The standard InChI is InChI=1S/C14H18N4O4S/c1-20-11-7-6-10(9-12(11)21-2)18-14(15-16-17-18)23-8-4-5-13(19)22-3/h6-7,9H,4-5,8H2,1-3H3. The monoisotopic (exact) mass is 338 g/mol. The molecule has 0 spiro atoms. The van der Waals surface area contributed by atoms with Crippen LogP contribution in [0.2, 0.25) is 0 Å². The number of ether oxygens (including phenoxy) is 3. The van der Waals surface area contributed by atoms with E-state index < -0.39 is 0 Å². The van der Waals surface area contributed by atoms with Crippen molar-refractivity contribution in [2.75, 3.05) is 27.1 Å². The number of benzene rings is 1. The average Bonchev–Trinajstić information content (AvgIpc) is 3.06. The fraction of sp³-hybridized carbons (Fsp3) is 0.429. The first kappa shape index (κ1) is 17.1. The van der Waals surface area contributed by atoms with Gasteiger partial charge in [-0.1, -0.05) is 11.8 Å². The first-order valence-corrected chi connectivity index (χ1v) is 7.88. The van der Waals surface area contributed by atoms with Crippen molar-refractivity contribution in [1.82, 2.24) is 20.2 Å². The van der Waals surface area contributed by atoms with Crippen molar-refractivity contribution in [3.8, 4) is 17.2 Å². The lowest BCUT2D eigenvalue weighted by Crippen LogP contribution is -2.02. The first-order valence-electron chi connectivity index (χ1n) is 6.90. The average molecular weight is 338 g/mol. The summed E-state index contributed by atoms with van der Waals surface area (Å²) in [5.74, 6) is 1.73. The van der Waals surface area contributed by atoms with E-state index >= 15 is 0 Å². The van der Waals surface area contributed by atoms with E-state index in [-0.39, 0.29) is 5.97 Å². The van der Waals surface area contributed by atoms with E-state index in [9.17, 15) is 4.79 Å². The number of rotatable bonds is 8. The number of nitrogens with zero attached hydrogens (tertiary/aromatic N) is 4. The van der Waals surface area contributed by atoms with Crippen LogP contribution in [0.25, 0.3) is 5.69 Å². The molecule has 9 heteroatoms. The second kappa shape index (κ2) is 8.37. The minimum atomic E-state index is -0.218. The van der Waals surface area contributed by atoms with Gasteiger partial charge in [0.2, 0.25) is 5.16 Å². The Labute approximate surface area is 138 Å². The van der Waals surface area contributed by atoms with E-state index in [1.54, 1.807) is 31.0 Å². The number of aromatic nitrogens is 4. The molecule has 23 heavy (non-hydrogen) atoms. The largest absolute Gasteiger partial charge is 0.493 e. The van der Waals surface area contributed by atoms with Gasteiger partial charge in [0.05, 0.1) is 27.0 Å². The van der Waals surface area contributed by atoms with Crippen molar-refractivity contribution in [2.24, 2.45) is 0 Å². The highest BCUT2D eigenvalue weighted by molar-refractivity contribution is 7.99. The molecule has 0 fully saturated rings. The summed E-state index contributed by atoms with van der Waals surface area (Å²) in [5.41, 5.74) is 0.767. The molecule has 0 radical (unpaired) electrons. The molecule has 0 saturated carbocycles. The Kier molecular flexibility index (Phi) is 6.21. The number of hydrogen-bond acceptors (Lipinski definition) is 8. The Morgan fingerprint density at radius 1 is 1.22 bits per heavy atom. The van der Waals surface area contributed by atoms with Crippen molar-refractivity contribution in [1.29, 1.82) is 0 Å². The van der Waals surface area contributed by atoms with Crippen LogP contribution in [0.15, 0.2) is 23.4 Å². The molecule has 0 bridgehead atoms. The molecule has 0 saturated heterocycles. The zero-order valence-corrected chi connectivity index (χ0v) is 14.0. The lowest BCUT2D eigenvalue weighted by molar-refractivity contribution is -0.140. The molecular formula is C14H18N4O4S. The predicted molar refractivity (Wildman–Crippen MR) is 84.2 cm³/mol. The summed E-state index contributed by atoms with van der Waals surface area (Å²) in [6.45, 7) is 0. The third kappa shape index (κ3) is 4.35. The van der Waals surface area contributed by atoms with Crippen molar-refractivity contribution in [2.45, 2.75) is 18.0 Å². The van der Waals surface area contributed by atoms with Crippen LogP contribution in [-0.2, 0) is 9.53 Å². The van der Waals surface area contributed by atoms with Gasteiger partial charge in [0.15, 0.2) is 11.5 Å².